The second-order valence-corrected chi connectivity index (χ2v) is 9.88. The van der Waals surface area contributed by atoms with Crippen molar-refractivity contribution in [3.63, 3.8) is 0 Å². The Bertz CT molecular complexity index is 1130. The molecule has 2 amide bonds. The lowest BCUT2D eigenvalue weighted by molar-refractivity contribution is -0.143. The molecule has 4 rings (SSSR count). The average molecular weight is 505 g/mol. The van der Waals surface area contributed by atoms with Crippen molar-refractivity contribution in [3.8, 4) is 5.75 Å². The molecule has 188 valence electrons. The summed E-state index contributed by atoms with van der Waals surface area (Å²) in [5, 5.41) is 3.82. The van der Waals surface area contributed by atoms with E-state index in [1.807, 2.05) is 61.5 Å². The largest absolute Gasteiger partial charge is 0.484 e. The number of rotatable bonds is 10. The smallest absolute Gasteiger partial charge is 0.261 e. The topological polar surface area (TPSA) is 58.6 Å². The molecule has 36 heavy (non-hydrogen) atoms. The van der Waals surface area contributed by atoms with Gasteiger partial charge in [0.15, 0.2) is 6.61 Å². The summed E-state index contributed by atoms with van der Waals surface area (Å²) in [6.07, 6.45) is 4.63. The monoisotopic (exact) mass is 504 g/mol. The van der Waals surface area contributed by atoms with Crippen LogP contribution < -0.4 is 10.1 Å². The van der Waals surface area contributed by atoms with E-state index in [1.165, 1.54) is 0 Å². The first-order chi connectivity index (χ1) is 17.5. The van der Waals surface area contributed by atoms with Crippen LogP contribution in [0, 0.1) is 6.92 Å². The van der Waals surface area contributed by atoms with E-state index in [2.05, 4.69) is 5.32 Å². The molecule has 5 nitrogen and oxygen atoms in total. The van der Waals surface area contributed by atoms with Gasteiger partial charge in [0.05, 0.1) is 0 Å². The Morgan fingerprint density at radius 2 is 1.61 bits per heavy atom. The van der Waals surface area contributed by atoms with Gasteiger partial charge in [0.1, 0.15) is 11.8 Å². The second-order valence-electron chi connectivity index (χ2n) is 9.45. The Kier molecular flexibility index (Phi) is 9.01. The summed E-state index contributed by atoms with van der Waals surface area (Å²) in [7, 11) is 0. The van der Waals surface area contributed by atoms with Gasteiger partial charge in [0, 0.05) is 24.0 Å². The zero-order valence-corrected chi connectivity index (χ0v) is 21.4. The van der Waals surface area contributed by atoms with Crippen LogP contribution in [0.3, 0.4) is 0 Å². The molecule has 3 aromatic rings. The number of hydrogen-bond donors (Lipinski definition) is 1. The van der Waals surface area contributed by atoms with Crippen LogP contribution in [0.1, 0.15) is 42.4 Å². The number of amides is 2. The molecule has 1 saturated carbocycles. The van der Waals surface area contributed by atoms with Crippen molar-refractivity contribution in [1.29, 1.82) is 0 Å². The Balaban J connectivity index is 1.59. The molecule has 0 heterocycles. The summed E-state index contributed by atoms with van der Waals surface area (Å²) in [6, 6.07) is 24.3. The van der Waals surface area contributed by atoms with Gasteiger partial charge in [-0.25, -0.2) is 0 Å². The number of halogens is 1. The number of benzene rings is 3. The van der Waals surface area contributed by atoms with Crippen molar-refractivity contribution >= 4 is 23.4 Å². The maximum atomic E-state index is 13.6. The number of nitrogens with one attached hydrogen (secondary N) is 1. The van der Waals surface area contributed by atoms with Gasteiger partial charge in [-0.15, -0.1) is 0 Å². The van der Waals surface area contributed by atoms with Crippen LogP contribution in [0.5, 0.6) is 5.75 Å². The second kappa shape index (κ2) is 12.6. The minimum atomic E-state index is -0.657. The number of ether oxygens (including phenoxy) is 1. The van der Waals surface area contributed by atoms with E-state index < -0.39 is 6.04 Å². The van der Waals surface area contributed by atoms with Crippen molar-refractivity contribution < 1.29 is 14.3 Å². The first-order valence-electron chi connectivity index (χ1n) is 12.6. The van der Waals surface area contributed by atoms with Crippen molar-refractivity contribution in [1.82, 2.24) is 10.2 Å². The molecule has 1 aliphatic rings. The molecule has 0 radical (unpaired) electrons. The molecule has 0 aromatic heterocycles. The van der Waals surface area contributed by atoms with Crippen LogP contribution in [0.15, 0.2) is 78.9 Å². The lowest BCUT2D eigenvalue weighted by Crippen LogP contribution is -2.53. The molecule has 0 saturated heterocycles. The predicted octanol–water partition coefficient (Wildman–Crippen LogP) is 5.73. The minimum Gasteiger partial charge on any atom is -0.484 e. The van der Waals surface area contributed by atoms with E-state index in [1.54, 1.807) is 29.2 Å². The highest BCUT2D eigenvalue weighted by molar-refractivity contribution is 6.30. The van der Waals surface area contributed by atoms with E-state index in [-0.39, 0.29) is 24.5 Å². The quantitative estimate of drug-likeness (QED) is 0.384. The molecule has 3 aromatic carbocycles. The van der Waals surface area contributed by atoms with Crippen LogP contribution in [0.25, 0.3) is 0 Å². The van der Waals surface area contributed by atoms with Crippen molar-refractivity contribution in [2.24, 2.45) is 0 Å². The lowest BCUT2D eigenvalue weighted by Gasteiger charge is -2.32. The van der Waals surface area contributed by atoms with Crippen LogP contribution in [-0.2, 0) is 22.6 Å². The third-order valence-corrected chi connectivity index (χ3v) is 6.87. The summed E-state index contributed by atoms with van der Waals surface area (Å²) in [6.45, 7) is 2.17. The number of carbonyl (C=O) groups excluding carboxylic acids is 2. The number of carbonyl (C=O) groups is 2. The summed E-state index contributed by atoms with van der Waals surface area (Å²) in [5.41, 5.74) is 3.11. The van der Waals surface area contributed by atoms with Gasteiger partial charge in [-0.3, -0.25) is 9.59 Å². The van der Waals surface area contributed by atoms with Crippen LogP contribution in [0.2, 0.25) is 5.02 Å². The SMILES string of the molecule is Cc1ccc(CN(C(=O)COc2ccc(Cl)cc2)[C@H](Cc2ccccc2)C(=O)NC2CCCC2)cc1. The Labute approximate surface area is 218 Å². The summed E-state index contributed by atoms with van der Waals surface area (Å²) in [4.78, 5) is 28.9. The molecule has 0 unspecified atom stereocenters. The normalized spacial score (nSPS) is 14.3. The molecule has 1 fully saturated rings. The maximum absolute atomic E-state index is 13.6. The highest BCUT2D eigenvalue weighted by Gasteiger charge is 2.32. The van der Waals surface area contributed by atoms with Crippen molar-refractivity contribution in [3.05, 3.63) is 101 Å². The summed E-state index contributed by atoms with van der Waals surface area (Å²) >= 11 is 5.97. The number of nitrogens with zero attached hydrogens (tertiary/aromatic N) is 1. The number of hydrogen-bond acceptors (Lipinski definition) is 3. The van der Waals surface area contributed by atoms with E-state index >= 15 is 0 Å². The Morgan fingerprint density at radius 1 is 0.944 bits per heavy atom. The fourth-order valence-corrected chi connectivity index (χ4v) is 4.70. The molecule has 0 aliphatic heterocycles. The molecular weight excluding hydrogens is 472 g/mol. The Hall–Kier alpha value is -3.31. The third kappa shape index (κ3) is 7.34. The fraction of sp³-hybridized carbons (Fsp3) is 0.333. The number of aryl methyl sites for hydroxylation is 1. The lowest BCUT2D eigenvalue weighted by atomic mass is 10.0. The average Bonchev–Trinajstić information content (AvgIpc) is 3.40. The molecule has 1 aliphatic carbocycles. The van der Waals surface area contributed by atoms with Crippen LogP contribution in [0.4, 0.5) is 0 Å². The predicted molar refractivity (Wildman–Crippen MR) is 143 cm³/mol. The molecule has 0 spiro atoms. The molecule has 0 bridgehead atoms. The summed E-state index contributed by atoms with van der Waals surface area (Å²) in [5.74, 6) is 0.198. The highest BCUT2D eigenvalue weighted by atomic mass is 35.5. The maximum Gasteiger partial charge on any atom is 0.261 e. The van der Waals surface area contributed by atoms with Gasteiger partial charge in [0.2, 0.25) is 5.91 Å². The summed E-state index contributed by atoms with van der Waals surface area (Å²) < 4.78 is 5.79. The fourth-order valence-electron chi connectivity index (χ4n) is 4.57. The van der Waals surface area contributed by atoms with E-state index in [9.17, 15) is 9.59 Å². The van der Waals surface area contributed by atoms with Crippen molar-refractivity contribution in [2.45, 2.75) is 57.7 Å². The van der Waals surface area contributed by atoms with Crippen LogP contribution in [-0.4, -0.2) is 35.4 Å². The first kappa shape index (κ1) is 25.8. The third-order valence-electron chi connectivity index (χ3n) is 6.62. The van der Waals surface area contributed by atoms with E-state index in [4.69, 9.17) is 16.3 Å². The van der Waals surface area contributed by atoms with Gasteiger partial charge in [-0.1, -0.05) is 84.6 Å². The van der Waals surface area contributed by atoms with Gasteiger partial charge in [-0.2, -0.15) is 0 Å². The van der Waals surface area contributed by atoms with Gasteiger partial charge in [-0.05, 0) is 55.2 Å². The van der Waals surface area contributed by atoms with Gasteiger partial charge < -0.3 is 15.0 Å². The van der Waals surface area contributed by atoms with Gasteiger partial charge >= 0.3 is 0 Å². The van der Waals surface area contributed by atoms with E-state index in [0.29, 0.717) is 23.7 Å². The van der Waals surface area contributed by atoms with Crippen molar-refractivity contribution in [2.75, 3.05) is 6.61 Å². The molecule has 6 heteroatoms. The minimum absolute atomic E-state index is 0.113. The Morgan fingerprint density at radius 3 is 2.28 bits per heavy atom. The molecule has 1 N–H and O–H groups in total. The standard InChI is InChI=1S/C30H33ClN2O3/c1-22-11-13-24(14-12-22)20-33(29(34)21-36-27-17-15-25(31)16-18-27)28(19-23-7-3-2-4-8-23)30(35)32-26-9-5-6-10-26/h2-4,7-8,11-18,26,28H,5-6,9-10,19-21H2,1H3,(H,32,35)/t28-/m1/s1. The molecule has 1 atom stereocenters. The zero-order chi connectivity index (χ0) is 25.3. The van der Waals surface area contributed by atoms with Gasteiger partial charge in [0.25, 0.3) is 5.91 Å². The van der Waals surface area contributed by atoms with Crippen LogP contribution >= 0.6 is 11.6 Å². The molecular formula is C30H33ClN2O3. The highest BCUT2D eigenvalue weighted by Crippen LogP contribution is 2.21. The first-order valence-corrected chi connectivity index (χ1v) is 12.9. The van der Waals surface area contributed by atoms with E-state index in [0.717, 1.165) is 42.4 Å². The zero-order valence-electron chi connectivity index (χ0n) is 20.7.